The van der Waals surface area contributed by atoms with Gasteiger partial charge < -0.3 is 10.2 Å². The third kappa shape index (κ3) is 3.18. The highest BCUT2D eigenvalue weighted by Gasteiger charge is 2.11. The van der Waals surface area contributed by atoms with Crippen LogP contribution in [-0.4, -0.2) is 22.0 Å². The standard InChI is InChI=1S/C11H12O4/c1-7(12)8-2-4-9(5-3-8)10(13)6-11(14)15/h2-5,10,13H,6H2,1H3,(H,14,15). The monoisotopic (exact) mass is 208 g/mol. The van der Waals surface area contributed by atoms with Crippen molar-refractivity contribution in [2.24, 2.45) is 0 Å². The first kappa shape index (κ1) is 11.4. The van der Waals surface area contributed by atoms with Gasteiger partial charge in [-0.1, -0.05) is 24.3 Å². The van der Waals surface area contributed by atoms with Crippen molar-refractivity contribution in [3.8, 4) is 0 Å². The number of hydrogen-bond acceptors (Lipinski definition) is 3. The van der Waals surface area contributed by atoms with Gasteiger partial charge >= 0.3 is 5.97 Å². The summed E-state index contributed by atoms with van der Waals surface area (Å²) in [6.45, 7) is 1.45. The Morgan fingerprint density at radius 1 is 1.27 bits per heavy atom. The lowest BCUT2D eigenvalue weighted by Gasteiger charge is -2.08. The molecule has 0 amide bonds. The smallest absolute Gasteiger partial charge is 0.306 e. The number of rotatable bonds is 4. The van der Waals surface area contributed by atoms with Crippen molar-refractivity contribution in [2.45, 2.75) is 19.4 Å². The fourth-order valence-electron chi connectivity index (χ4n) is 1.22. The number of aliphatic hydroxyl groups excluding tert-OH is 1. The topological polar surface area (TPSA) is 74.6 Å². The first-order valence-corrected chi connectivity index (χ1v) is 4.51. The van der Waals surface area contributed by atoms with Gasteiger partial charge in [0.1, 0.15) is 0 Å². The van der Waals surface area contributed by atoms with Crippen LogP contribution in [0, 0.1) is 0 Å². The van der Waals surface area contributed by atoms with E-state index in [1.807, 2.05) is 0 Å². The number of Topliss-reactive ketones (excluding diaryl/α,β-unsaturated/α-hetero) is 1. The number of carbonyl (C=O) groups excluding carboxylic acids is 1. The molecule has 0 saturated carbocycles. The SMILES string of the molecule is CC(=O)c1ccc(C(O)CC(=O)O)cc1. The van der Waals surface area contributed by atoms with Crippen molar-refractivity contribution in [1.82, 2.24) is 0 Å². The van der Waals surface area contributed by atoms with E-state index in [1.54, 1.807) is 24.3 Å². The van der Waals surface area contributed by atoms with E-state index in [0.717, 1.165) is 0 Å². The lowest BCUT2D eigenvalue weighted by atomic mass is 10.0. The van der Waals surface area contributed by atoms with Crippen LogP contribution < -0.4 is 0 Å². The van der Waals surface area contributed by atoms with Crippen LogP contribution in [0.5, 0.6) is 0 Å². The summed E-state index contributed by atoms with van der Waals surface area (Å²) in [7, 11) is 0. The summed E-state index contributed by atoms with van der Waals surface area (Å²) in [5, 5.41) is 17.9. The van der Waals surface area contributed by atoms with E-state index < -0.39 is 12.1 Å². The molecule has 0 saturated heterocycles. The maximum atomic E-state index is 10.9. The molecule has 4 heteroatoms. The molecule has 0 heterocycles. The van der Waals surface area contributed by atoms with Crippen LogP contribution in [0.25, 0.3) is 0 Å². The van der Waals surface area contributed by atoms with E-state index >= 15 is 0 Å². The van der Waals surface area contributed by atoms with Gasteiger partial charge in [-0.3, -0.25) is 9.59 Å². The fraction of sp³-hybridized carbons (Fsp3) is 0.273. The molecule has 80 valence electrons. The molecule has 1 aromatic rings. The number of carbonyl (C=O) groups is 2. The Morgan fingerprint density at radius 3 is 2.20 bits per heavy atom. The van der Waals surface area contributed by atoms with Crippen molar-refractivity contribution >= 4 is 11.8 Å². The number of aliphatic carboxylic acids is 1. The Hall–Kier alpha value is -1.68. The largest absolute Gasteiger partial charge is 0.481 e. The Labute approximate surface area is 87.2 Å². The second-order valence-electron chi connectivity index (χ2n) is 3.29. The van der Waals surface area contributed by atoms with Gasteiger partial charge in [0.05, 0.1) is 12.5 Å². The predicted octanol–water partition coefficient (Wildman–Crippen LogP) is 1.40. The average Bonchev–Trinajstić information content (AvgIpc) is 2.17. The molecule has 1 aromatic carbocycles. The molecular formula is C11H12O4. The summed E-state index contributed by atoms with van der Waals surface area (Å²) >= 11 is 0. The van der Waals surface area contributed by atoms with E-state index in [1.165, 1.54) is 6.92 Å². The Balaban J connectivity index is 2.79. The van der Waals surface area contributed by atoms with E-state index in [0.29, 0.717) is 11.1 Å². The highest BCUT2D eigenvalue weighted by atomic mass is 16.4. The van der Waals surface area contributed by atoms with Crippen molar-refractivity contribution < 1.29 is 19.8 Å². The summed E-state index contributed by atoms with van der Waals surface area (Å²) in [4.78, 5) is 21.3. The fourth-order valence-corrected chi connectivity index (χ4v) is 1.22. The van der Waals surface area contributed by atoms with Crippen LogP contribution in [0.4, 0.5) is 0 Å². The maximum Gasteiger partial charge on any atom is 0.306 e. The number of benzene rings is 1. The zero-order chi connectivity index (χ0) is 11.4. The lowest BCUT2D eigenvalue weighted by molar-refractivity contribution is -0.139. The number of ketones is 1. The molecule has 0 aliphatic carbocycles. The molecule has 1 unspecified atom stereocenters. The van der Waals surface area contributed by atoms with Gasteiger partial charge in [-0.2, -0.15) is 0 Å². The first-order chi connectivity index (χ1) is 7.00. The quantitative estimate of drug-likeness (QED) is 0.733. The summed E-state index contributed by atoms with van der Waals surface area (Å²) in [6, 6.07) is 6.26. The Bertz CT molecular complexity index is 367. The van der Waals surface area contributed by atoms with Crippen LogP contribution in [0.3, 0.4) is 0 Å². The molecule has 1 atom stereocenters. The molecule has 0 bridgehead atoms. The molecular weight excluding hydrogens is 196 g/mol. The van der Waals surface area contributed by atoms with Crippen molar-refractivity contribution in [2.75, 3.05) is 0 Å². The lowest BCUT2D eigenvalue weighted by Crippen LogP contribution is -2.05. The van der Waals surface area contributed by atoms with Crippen LogP contribution in [-0.2, 0) is 4.79 Å². The minimum atomic E-state index is -1.06. The molecule has 4 nitrogen and oxygen atoms in total. The molecule has 1 rings (SSSR count). The van der Waals surface area contributed by atoms with Gasteiger partial charge in [0, 0.05) is 5.56 Å². The van der Waals surface area contributed by atoms with Crippen molar-refractivity contribution in [1.29, 1.82) is 0 Å². The third-order valence-electron chi connectivity index (χ3n) is 2.07. The van der Waals surface area contributed by atoms with Gasteiger partial charge in [-0.15, -0.1) is 0 Å². The normalized spacial score (nSPS) is 12.1. The van der Waals surface area contributed by atoms with Gasteiger partial charge in [-0.05, 0) is 12.5 Å². The van der Waals surface area contributed by atoms with Gasteiger partial charge in [0.15, 0.2) is 5.78 Å². The average molecular weight is 208 g/mol. The number of carboxylic acids is 1. The first-order valence-electron chi connectivity index (χ1n) is 4.51. The van der Waals surface area contributed by atoms with Crippen molar-refractivity contribution in [3.05, 3.63) is 35.4 Å². The molecule has 0 fully saturated rings. The highest BCUT2D eigenvalue weighted by Crippen LogP contribution is 2.17. The maximum absolute atomic E-state index is 10.9. The number of carboxylic acid groups (broad SMARTS) is 1. The Morgan fingerprint density at radius 2 is 1.80 bits per heavy atom. The zero-order valence-electron chi connectivity index (χ0n) is 8.30. The van der Waals surface area contributed by atoms with Crippen LogP contribution >= 0.6 is 0 Å². The minimum Gasteiger partial charge on any atom is -0.481 e. The molecule has 0 aliphatic heterocycles. The molecule has 0 radical (unpaired) electrons. The number of hydrogen-bond donors (Lipinski definition) is 2. The van der Waals surface area contributed by atoms with E-state index in [2.05, 4.69) is 0 Å². The molecule has 0 aromatic heterocycles. The second kappa shape index (κ2) is 4.70. The van der Waals surface area contributed by atoms with Gasteiger partial charge in [0.25, 0.3) is 0 Å². The molecule has 15 heavy (non-hydrogen) atoms. The summed E-state index contributed by atoms with van der Waals surface area (Å²) in [6.07, 6.45) is -1.36. The Kier molecular flexibility index (Phi) is 3.57. The van der Waals surface area contributed by atoms with Gasteiger partial charge in [-0.25, -0.2) is 0 Å². The summed E-state index contributed by atoms with van der Waals surface area (Å²) in [5.41, 5.74) is 1.05. The molecule has 0 aliphatic rings. The third-order valence-corrected chi connectivity index (χ3v) is 2.07. The number of aliphatic hydroxyl groups is 1. The van der Waals surface area contributed by atoms with E-state index in [-0.39, 0.29) is 12.2 Å². The van der Waals surface area contributed by atoms with Crippen LogP contribution in [0.15, 0.2) is 24.3 Å². The van der Waals surface area contributed by atoms with E-state index in [9.17, 15) is 14.7 Å². The van der Waals surface area contributed by atoms with Gasteiger partial charge in [0.2, 0.25) is 0 Å². The van der Waals surface area contributed by atoms with Crippen LogP contribution in [0.1, 0.15) is 35.4 Å². The molecule has 0 spiro atoms. The molecule has 2 N–H and O–H groups in total. The van der Waals surface area contributed by atoms with E-state index in [4.69, 9.17) is 5.11 Å². The second-order valence-corrected chi connectivity index (χ2v) is 3.29. The zero-order valence-corrected chi connectivity index (χ0v) is 8.30. The highest BCUT2D eigenvalue weighted by molar-refractivity contribution is 5.94. The minimum absolute atomic E-state index is 0.0609. The summed E-state index contributed by atoms with van der Waals surface area (Å²) in [5.74, 6) is -1.12. The van der Waals surface area contributed by atoms with Crippen LogP contribution in [0.2, 0.25) is 0 Å². The predicted molar refractivity (Wildman–Crippen MR) is 53.7 cm³/mol. The summed E-state index contributed by atoms with van der Waals surface area (Å²) < 4.78 is 0. The van der Waals surface area contributed by atoms with Crippen molar-refractivity contribution in [3.63, 3.8) is 0 Å².